The third kappa shape index (κ3) is 7.51. The standard InChI is InChI=1S/C22H38N4O/c1-4-6-10-15-24-21(23-5-2)25-18-22(13-16-27-17-14-22)26-19(3)20-11-8-7-9-12-20/h7-9,11-12,19,26H,4-6,10,13-18H2,1-3H3,(H2,23,24,25). The molecule has 1 aliphatic heterocycles. The van der Waals surface area contributed by atoms with Crippen LogP contribution in [0.1, 0.15) is 64.5 Å². The van der Waals surface area contributed by atoms with Crippen LogP contribution in [0.2, 0.25) is 0 Å². The number of guanidine groups is 1. The predicted molar refractivity (Wildman–Crippen MR) is 114 cm³/mol. The molecule has 0 bridgehead atoms. The number of ether oxygens (including phenoxy) is 1. The molecule has 27 heavy (non-hydrogen) atoms. The summed E-state index contributed by atoms with van der Waals surface area (Å²) < 4.78 is 5.64. The maximum Gasteiger partial charge on any atom is 0.191 e. The van der Waals surface area contributed by atoms with E-state index in [9.17, 15) is 0 Å². The lowest BCUT2D eigenvalue weighted by atomic mass is 9.88. The number of hydrogen-bond acceptors (Lipinski definition) is 3. The van der Waals surface area contributed by atoms with E-state index in [2.05, 4.69) is 67.1 Å². The summed E-state index contributed by atoms with van der Waals surface area (Å²) in [6.45, 7) is 10.8. The molecule has 5 heteroatoms. The van der Waals surface area contributed by atoms with Gasteiger partial charge in [0.25, 0.3) is 0 Å². The monoisotopic (exact) mass is 374 g/mol. The average molecular weight is 375 g/mol. The largest absolute Gasteiger partial charge is 0.381 e. The van der Waals surface area contributed by atoms with E-state index in [0.29, 0.717) is 6.04 Å². The van der Waals surface area contributed by atoms with E-state index in [0.717, 1.165) is 51.6 Å². The zero-order chi connectivity index (χ0) is 19.4. The van der Waals surface area contributed by atoms with Crippen molar-refractivity contribution in [3.8, 4) is 0 Å². The molecule has 152 valence electrons. The van der Waals surface area contributed by atoms with Gasteiger partial charge in [-0.3, -0.25) is 4.99 Å². The molecule has 1 aromatic rings. The first kappa shape index (κ1) is 21.7. The van der Waals surface area contributed by atoms with Crippen molar-refractivity contribution in [1.29, 1.82) is 0 Å². The SMILES string of the molecule is CCCCCNC(=NCC1(NC(C)c2ccccc2)CCOCC1)NCC. The maximum atomic E-state index is 5.64. The quantitative estimate of drug-likeness (QED) is 0.332. The smallest absolute Gasteiger partial charge is 0.191 e. The average Bonchev–Trinajstić information content (AvgIpc) is 2.70. The lowest BCUT2D eigenvalue weighted by Gasteiger charge is -2.39. The molecular weight excluding hydrogens is 336 g/mol. The van der Waals surface area contributed by atoms with Crippen molar-refractivity contribution >= 4 is 5.96 Å². The third-order valence-electron chi connectivity index (χ3n) is 5.23. The number of unbranched alkanes of at least 4 members (excludes halogenated alkanes) is 2. The third-order valence-corrected chi connectivity index (χ3v) is 5.23. The molecule has 1 unspecified atom stereocenters. The van der Waals surface area contributed by atoms with E-state index < -0.39 is 0 Å². The highest BCUT2D eigenvalue weighted by atomic mass is 16.5. The van der Waals surface area contributed by atoms with E-state index in [-0.39, 0.29) is 5.54 Å². The minimum Gasteiger partial charge on any atom is -0.381 e. The van der Waals surface area contributed by atoms with Gasteiger partial charge in [0.05, 0.1) is 6.54 Å². The molecule has 1 atom stereocenters. The Kier molecular flexibility index (Phi) is 9.64. The Labute approximate surface area is 165 Å². The van der Waals surface area contributed by atoms with Gasteiger partial charge in [-0.05, 0) is 38.7 Å². The Morgan fingerprint density at radius 1 is 1.11 bits per heavy atom. The van der Waals surface area contributed by atoms with Crippen LogP contribution in [0.25, 0.3) is 0 Å². The van der Waals surface area contributed by atoms with Crippen LogP contribution in [0.5, 0.6) is 0 Å². The van der Waals surface area contributed by atoms with Crippen LogP contribution in [0.4, 0.5) is 0 Å². The molecule has 1 saturated heterocycles. The Morgan fingerprint density at radius 2 is 1.85 bits per heavy atom. The zero-order valence-corrected chi connectivity index (χ0v) is 17.4. The van der Waals surface area contributed by atoms with Gasteiger partial charge in [0.15, 0.2) is 5.96 Å². The number of rotatable bonds is 10. The fraction of sp³-hybridized carbons (Fsp3) is 0.682. The van der Waals surface area contributed by atoms with Crippen LogP contribution in [0.3, 0.4) is 0 Å². The molecule has 0 spiro atoms. The molecule has 5 nitrogen and oxygen atoms in total. The number of nitrogens with one attached hydrogen (secondary N) is 3. The predicted octanol–water partition coefficient (Wildman–Crippen LogP) is 3.63. The summed E-state index contributed by atoms with van der Waals surface area (Å²) >= 11 is 0. The Bertz CT molecular complexity index is 541. The Balaban J connectivity index is 2.02. The van der Waals surface area contributed by atoms with Gasteiger partial charge in [-0.2, -0.15) is 0 Å². The summed E-state index contributed by atoms with van der Waals surface area (Å²) in [7, 11) is 0. The van der Waals surface area contributed by atoms with Crippen molar-refractivity contribution in [3.05, 3.63) is 35.9 Å². The van der Waals surface area contributed by atoms with Crippen molar-refractivity contribution in [1.82, 2.24) is 16.0 Å². The molecule has 2 rings (SSSR count). The highest BCUT2D eigenvalue weighted by Crippen LogP contribution is 2.26. The summed E-state index contributed by atoms with van der Waals surface area (Å²) in [6.07, 6.45) is 5.65. The fourth-order valence-corrected chi connectivity index (χ4v) is 3.55. The first-order chi connectivity index (χ1) is 13.2. The zero-order valence-electron chi connectivity index (χ0n) is 17.4. The Hall–Kier alpha value is -1.59. The van der Waals surface area contributed by atoms with Gasteiger partial charge in [0, 0.05) is 37.9 Å². The molecule has 3 N–H and O–H groups in total. The highest BCUT2D eigenvalue weighted by Gasteiger charge is 2.33. The molecule has 1 heterocycles. The van der Waals surface area contributed by atoms with Gasteiger partial charge in [-0.25, -0.2) is 0 Å². The van der Waals surface area contributed by atoms with Crippen molar-refractivity contribution in [2.24, 2.45) is 4.99 Å². The van der Waals surface area contributed by atoms with Crippen LogP contribution in [-0.4, -0.2) is 44.3 Å². The minimum absolute atomic E-state index is 0.0146. The summed E-state index contributed by atoms with van der Waals surface area (Å²) in [4.78, 5) is 4.93. The van der Waals surface area contributed by atoms with Gasteiger partial charge in [0.1, 0.15) is 0 Å². The van der Waals surface area contributed by atoms with E-state index in [1.54, 1.807) is 0 Å². The lowest BCUT2D eigenvalue weighted by Crippen LogP contribution is -2.53. The maximum absolute atomic E-state index is 5.64. The molecule has 0 saturated carbocycles. The second kappa shape index (κ2) is 12.0. The summed E-state index contributed by atoms with van der Waals surface area (Å²) in [5.41, 5.74) is 1.30. The van der Waals surface area contributed by atoms with Gasteiger partial charge in [0.2, 0.25) is 0 Å². The van der Waals surface area contributed by atoms with Crippen LogP contribution >= 0.6 is 0 Å². The molecule has 0 aromatic heterocycles. The molecular formula is C22H38N4O. The topological polar surface area (TPSA) is 57.7 Å². The second-order valence-corrected chi connectivity index (χ2v) is 7.50. The van der Waals surface area contributed by atoms with E-state index >= 15 is 0 Å². The van der Waals surface area contributed by atoms with Gasteiger partial charge in [-0.15, -0.1) is 0 Å². The van der Waals surface area contributed by atoms with Gasteiger partial charge >= 0.3 is 0 Å². The molecule has 1 fully saturated rings. The van der Waals surface area contributed by atoms with E-state index in [1.807, 2.05) is 0 Å². The molecule has 1 aromatic carbocycles. The van der Waals surface area contributed by atoms with Crippen molar-refractivity contribution in [2.45, 2.75) is 64.5 Å². The highest BCUT2D eigenvalue weighted by molar-refractivity contribution is 5.79. The molecule has 1 aliphatic rings. The van der Waals surface area contributed by atoms with Crippen LogP contribution in [-0.2, 0) is 4.74 Å². The summed E-state index contributed by atoms with van der Waals surface area (Å²) in [5.74, 6) is 0.925. The minimum atomic E-state index is -0.0146. The number of nitrogens with zero attached hydrogens (tertiary/aromatic N) is 1. The second-order valence-electron chi connectivity index (χ2n) is 7.50. The summed E-state index contributed by atoms with van der Waals surface area (Å²) in [6, 6.07) is 10.9. The van der Waals surface area contributed by atoms with Crippen molar-refractivity contribution in [3.63, 3.8) is 0 Å². The molecule has 0 radical (unpaired) electrons. The van der Waals surface area contributed by atoms with Gasteiger partial charge < -0.3 is 20.7 Å². The number of hydrogen-bond donors (Lipinski definition) is 3. The first-order valence-electron chi connectivity index (χ1n) is 10.6. The Morgan fingerprint density at radius 3 is 2.52 bits per heavy atom. The van der Waals surface area contributed by atoms with Crippen LogP contribution < -0.4 is 16.0 Å². The first-order valence-corrected chi connectivity index (χ1v) is 10.6. The number of benzene rings is 1. The van der Waals surface area contributed by atoms with Crippen molar-refractivity contribution < 1.29 is 4.74 Å². The molecule has 0 amide bonds. The lowest BCUT2D eigenvalue weighted by molar-refractivity contribution is 0.0374. The van der Waals surface area contributed by atoms with Crippen molar-refractivity contribution in [2.75, 3.05) is 32.8 Å². The van der Waals surface area contributed by atoms with E-state index in [4.69, 9.17) is 9.73 Å². The van der Waals surface area contributed by atoms with Crippen LogP contribution in [0, 0.1) is 0 Å². The number of aliphatic imine (C=N–C) groups is 1. The fourth-order valence-electron chi connectivity index (χ4n) is 3.55. The van der Waals surface area contributed by atoms with Gasteiger partial charge in [-0.1, -0.05) is 50.1 Å². The molecule has 0 aliphatic carbocycles. The normalized spacial score (nSPS) is 18.1. The summed E-state index contributed by atoms with van der Waals surface area (Å²) in [5, 5.41) is 10.7. The van der Waals surface area contributed by atoms with Crippen LogP contribution in [0.15, 0.2) is 35.3 Å². The van der Waals surface area contributed by atoms with E-state index in [1.165, 1.54) is 24.8 Å².